The van der Waals surface area contributed by atoms with E-state index >= 15 is 0 Å². The molecule has 1 fully saturated rings. The molecule has 1 N–H and O–H groups in total. The molecule has 1 saturated heterocycles. The Morgan fingerprint density at radius 1 is 1.05 bits per heavy atom. The van der Waals surface area contributed by atoms with E-state index in [0.29, 0.717) is 23.6 Å². The molecule has 4 rings (SSSR count). The monoisotopic (exact) mass is 545 g/mol. The van der Waals surface area contributed by atoms with E-state index in [1.54, 1.807) is 6.20 Å². The second-order valence-electron chi connectivity index (χ2n) is 12.4. The number of hydrogen-bond donors (Lipinski definition) is 1. The summed E-state index contributed by atoms with van der Waals surface area (Å²) < 4.78 is 12.1. The van der Waals surface area contributed by atoms with Gasteiger partial charge >= 0.3 is 5.97 Å². The maximum Gasteiger partial charge on any atom is 0.337 e. The van der Waals surface area contributed by atoms with Gasteiger partial charge < -0.3 is 19.5 Å². The lowest BCUT2D eigenvalue weighted by Gasteiger charge is -2.40. The molecule has 1 aliphatic rings. The summed E-state index contributed by atoms with van der Waals surface area (Å²) in [5, 5.41) is 10.3. The summed E-state index contributed by atoms with van der Waals surface area (Å²) in [7, 11) is 0. The van der Waals surface area contributed by atoms with E-state index in [1.807, 2.05) is 52.1 Å². The molecule has 3 aromatic rings. The maximum atomic E-state index is 12.6. The Morgan fingerprint density at radius 3 is 2.35 bits per heavy atom. The minimum absolute atomic E-state index is 0.241. The molecule has 7 heteroatoms. The Bertz CT molecular complexity index is 1270. The van der Waals surface area contributed by atoms with E-state index in [0.717, 1.165) is 55.7 Å². The fraction of sp³-hybridized carbons (Fsp3) is 0.485. The number of pyridine rings is 2. The third-order valence-electron chi connectivity index (χ3n) is 7.41. The van der Waals surface area contributed by atoms with Crippen molar-refractivity contribution in [1.82, 2.24) is 9.97 Å². The Balaban J connectivity index is 1.63. The van der Waals surface area contributed by atoms with Crippen LogP contribution in [-0.2, 0) is 16.0 Å². The molecule has 0 bridgehead atoms. The molecule has 214 valence electrons. The third kappa shape index (κ3) is 7.60. The highest BCUT2D eigenvalue weighted by molar-refractivity contribution is 5.85. The van der Waals surface area contributed by atoms with Crippen LogP contribution in [0.5, 0.6) is 5.75 Å². The van der Waals surface area contributed by atoms with Gasteiger partial charge in [0.15, 0.2) is 6.10 Å². The van der Waals surface area contributed by atoms with E-state index in [-0.39, 0.29) is 5.41 Å². The number of aliphatic carboxylic acids is 1. The number of benzene rings is 1. The van der Waals surface area contributed by atoms with Crippen LogP contribution in [0.1, 0.15) is 76.8 Å². The standard InChI is InChI=1S/C33H43N3O4/c1-23-28(30(31(37)38)40-32(2,3)4)29(36-18-16-33(5,6)17-19-36)26(22-34-23)27-15-14-25(21-35-27)39-20-10-13-24-11-8-7-9-12-24/h7-9,11-12,14-15,21-22,30H,10,13,16-20H2,1-6H3,(H,37,38). The number of carboxylic acid groups (broad SMARTS) is 1. The second-order valence-corrected chi connectivity index (χ2v) is 12.4. The summed E-state index contributed by atoms with van der Waals surface area (Å²) in [6.45, 7) is 14.3. The van der Waals surface area contributed by atoms with Gasteiger partial charge in [0.2, 0.25) is 0 Å². The van der Waals surface area contributed by atoms with E-state index < -0.39 is 17.7 Å². The van der Waals surface area contributed by atoms with Crippen LogP contribution in [0.15, 0.2) is 54.9 Å². The number of carbonyl (C=O) groups is 1. The molecule has 40 heavy (non-hydrogen) atoms. The molecule has 0 radical (unpaired) electrons. The first-order valence-corrected chi connectivity index (χ1v) is 14.2. The number of rotatable bonds is 10. The van der Waals surface area contributed by atoms with E-state index in [1.165, 1.54) is 5.56 Å². The molecule has 1 aromatic carbocycles. The van der Waals surface area contributed by atoms with Crippen LogP contribution in [0, 0.1) is 12.3 Å². The first-order valence-electron chi connectivity index (χ1n) is 14.2. The predicted octanol–water partition coefficient (Wildman–Crippen LogP) is 7.03. The minimum atomic E-state index is -1.15. The van der Waals surface area contributed by atoms with Gasteiger partial charge in [0.1, 0.15) is 5.75 Å². The number of piperidine rings is 1. The molecular formula is C33H43N3O4. The van der Waals surface area contributed by atoms with E-state index in [9.17, 15) is 9.90 Å². The first-order chi connectivity index (χ1) is 18.9. The van der Waals surface area contributed by atoms with E-state index in [2.05, 4.69) is 48.0 Å². The van der Waals surface area contributed by atoms with Crippen molar-refractivity contribution in [2.24, 2.45) is 5.41 Å². The second kappa shape index (κ2) is 12.4. The van der Waals surface area contributed by atoms with Crippen molar-refractivity contribution in [1.29, 1.82) is 0 Å². The molecule has 0 spiro atoms. The van der Waals surface area contributed by atoms with Gasteiger partial charge in [0, 0.05) is 36.1 Å². The quantitative estimate of drug-likeness (QED) is 0.274. The summed E-state index contributed by atoms with van der Waals surface area (Å²) >= 11 is 0. The highest BCUT2D eigenvalue weighted by Gasteiger charge is 2.36. The largest absolute Gasteiger partial charge is 0.492 e. The summed E-state index contributed by atoms with van der Waals surface area (Å²) in [4.78, 5) is 24.2. The van der Waals surface area contributed by atoms with Crippen LogP contribution < -0.4 is 9.64 Å². The Morgan fingerprint density at radius 2 is 1.75 bits per heavy atom. The molecule has 3 heterocycles. The van der Waals surface area contributed by atoms with Gasteiger partial charge in [-0.3, -0.25) is 9.97 Å². The first kappa shape index (κ1) is 29.5. The van der Waals surface area contributed by atoms with Crippen LogP contribution in [-0.4, -0.2) is 46.3 Å². The zero-order valence-corrected chi connectivity index (χ0v) is 24.7. The molecular weight excluding hydrogens is 502 g/mol. The number of nitrogens with zero attached hydrogens (tertiary/aromatic N) is 3. The van der Waals surface area contributed by atoms with Gasteiger partial charge in [0.05, 0.1) is 29.8 Å². The van der Waals surface area contributed by atoms with Gasteiger partial charge in [-0.1, -0.05) is 44.2 Å². The Hall–Kier alpha value is -3.45. The summed E-state index contributed by atoms with van der Waals surface area (Å²) in [5.74, 6) is -0.319. The zero-order chi connectivity index (χ0) is 28.9. The van der Waals surface area contributed by atoms with Crippen molar-refractivity contribution in [2.45, 2.75) is 78.9 Å². The van der Waals surface area contributed by atoms with Crippen LogP contribution in [0.25, 0.3) is 11.3 Å². The topological polar surface area (TPSA) is 84.8 Å². The number of hydrogen-bond acceptors (Lipinski definition) is 6. The molecule has 1 unspecified atom stereocenters. The maximum absolute atomic E-state index is 12.6. The number of anilines is 1. The van der Waals surface area contributed by atoms with Crippen molar-refractivity contribution in [3.05, 3.63) is 71.7 Å². The normalized spacial score (nSPS) is 16.0. The molecule has 2 aromatic heterocycles. The molecule has 7 nitrogen and oxygen atoms in total. The average molecular weight is 546 g/mol. The highest BCUT2D eigenvalue weighted by Crippen LogP contribution is 2.43. The molecule has 1 aliphatic heterocycles. The van der Waals surface area contributed by atoms with Gasteiger partial charge in [-0.05, 0) is 76.5 Å². The van der Waals surface area contributed by atoms with Crippen molar-refractivity contribution in [2.75, 3.05) is 24.6 Å². The Kier molecular flexibility index (Phi) is 9.14. The van der Waals surface area contributed by atoms with Crippen LogP contribution >= 0.6 is 0 Å². The number of ether oxygens (including phenoxy) is 2. The van der Waals surface area contributed by atoms with Crippen LogP contribution in [0.3, 0.4) is 0 Å². The lowest BCUT2D eigenvalue weighted by Crippen LogP contribution is -2.39. The fourth-order valence-corrected chi connectivity index (χ4v) is 5.11. The van der Waals surface area contributed by atoms with Crippen LogP contribution in [0.4, 0.5) is 5.69 Å². The summed E-state index contributed by atoms with van der Waals surface area (Å²) in [6, 6.07) is 14.2. The SMILES string of the molecule is Cc1ncc(-c2ccc(OCCCc3ccccc3)cn2)c(N2CCC(C)(C)CC2)c1C(OC(C)(C)C)C(=O)O. The van der Waals surface area contributed by atoms with Crippen molar-refractivity contribution in [3.63, 3.8) is 0 Å². The van der Waals surface area contributed by atoms with Crippen molar-refractivity contribution >= 4 is 11.7 Å². The van der Waals surface area contributed by atoms with Crippen molar-refractivity contribution < 1.29 is 19.4 Å². The average Bonchev–Trinajstić information content (AvgIpc) is 2.90. The Labute approximate surface area is 238 Å². The zero-order valence-electron chi connectivity index (χ0n) is 24.7. The predicted molar refractivity (Wildman–Crippen MR) is 159 cm³/mol. The summed E-state index contributed by atoms with van der Waals surface area (Å²) in [5.41, 5.74) is 4.52. The minimum Gasteiger partial charge on any atom is -0.492 e. The number of aryl methyl sites for hydroxylation is 2. The van der Waals surface area contributed by atoms with Gasteiger partial charge in [0.25, 0.3) is 0 Å². The summed E-state index contributed by atoms with van der Waals surface area (Å²) in [6.07, 6.45) is 6.29. The lowest BCUT2D eigenvalue weighted by molar-refractivity contribution is -0.160. The molecule has 0 saturated carbocycles. The van der Waals surface area contributed by atoms with Gasteiger partial charge in [-0.15, -0.1) is 0 Å². The van der Waals surface area contributed by atoms with Crippen LogP contribution in [0.2, 0.25) is 0 Å². The molecule has 0 aliphatic carbocycles. The van der Waals surface area contributed by atoms with Gasteiger partial charge in [-0.2, -0.15) is 0 Å². The number of aromatic nitrogens is 2. The smallest absolute Gasteiger partial charge is 0.337 e. The van der Waals surface area contributed by atoms with Gasteiger partial charge in [-0.25, -0.2) is 4.79 Å². The molecule has 0 amide bonds. The third-order valence-corrected chi connectivity index (χ3v) is 7.41. The molecule has 1 atom stereocenters. The lowest BCUT2D eigenvalue weighted by atomic mass is 9.82. The van der Waals surface area contributed by atoms with Crippen molar-refractivity contribution in [3.8, 4) is 17.0 Å². The fourth-order valence-electron chi connectivity index (χ4n) is 5.11. The number of carboxylic acids is 1. The highest BCUT2D eigenvalue weighted by atomic mass is 16.5. The van der Waals surface area contributed by atoms with E-state index in [4.69, 9.17) is 14.5 Å².